The fourth-order valence-corrected chi connectivity index (χ4v) is 6.91. The molecule has 4 rings (SSSR count). The molecule has 0 radical (unpaired) electrons. The van der Waals surface area contributed by atoms with E-state index in [2.05, 4.69) is 23.9 Å². The van der Waals surface area contributed by atoms with Gasteiger partial charge in [-0.25, -0.2) is 0 Å². The van der Waals surface area contributed by atoms with Crippen molar-refractivity contribution in [2.24, 2.45) is 17.3 Å². The van der Waals surface area contributed by atoms with Gasteiger partial charge in [-0.1, -0.05) is 37.0 Å². The number of hydrogen-bond donors (Lipinski definition) is 1. The predicted octanol–water partition coefficient (Wildman–Crippen LogP) is 6.51. The summed E-state index contributed by atoms with van der Waals surface area (Å²) in [6.07, 6.45) is 0.250. The SMILES string of the molecule is CCOC(=O)[C@H]1CC[C@H](n2ncc(C(=O)N(CC3CC(C)(C)C3)CC(O)c3c(Cl)cncc3Cl)c2C(F)(F)F)CC1. The van der Waals surface area contributed by atoms with E-state index in [9.17, 15) is 27.9 Å². The van der Waals surface area contributed by atoms with Crippen molar-refractivity contribution in [3.8, 4) is 0 Å². The van der Waals surface area contributed by atoms with Gasteiger partial charge in [-0.2, -0.15) is 18.3 Å². The second-order valence-corrected chi connectivity index (χ2v) is 12.6. The van der Waals surface area contributed by atoms with Crippen molar-refractivity contribution < 1.29 is 32.6 Å². The molecule has 1 atom stereocenters. The lowest BCUT2D eigenvalue weighted by molar-refractivity contribution is -0.151. The van der Waals surface area contributed by atoms with E-state index in [0.29, 0.717) is 25.7 Å². The van der Waals surface area contributed by atoms with Gasteiger partial charge in [0.2, 0.25) is 0 Å². The van der Waals surface area contributed by atoms with Gasteiger partial charge in [0.15, 0.2) is 5.69 Å². The molecule has 0 bridgehead atoms. The van der Waals surface area contributed by atoms with Crippen molar-refractivity contribution in [2.45, 2.75) is 77.6 Å². The first kappa shape index (κ1) is 31.6. The van der Waals surface area contributed by atoms with Crippen molar-refractivity contribution in [1.29, 1.82) is 0 Å². The molecule has 2 aromatic heterocycles. The normalized spacial score (nSPS) is 21.7. The molecule has 2 aliphatic carbocycles. The lowest BCUT2D eigenvalue weighted by Crippen LogP contribution is -2.44. The summed E-state index contributed by atoms with van der Waals surface area (Å²) in [5.41, 5.74) is -1.49. The quantitative estimate of drug-likeness (QED) is 0.322. The van der Waals surface area contributed by atoms with Crippen molar-refractivity contribution in [3.63, 3.8) is 0 Å². The van der Waals surface area contributed by atoms with E-state index < -0.39 is 35.5 Å². The molecule has 2 aliphatic rings. The van der Waals surface area contributed by atoms with Crippen molar-refractivity contribution in [1.82, 2.24) is 19.7 Å². The van der Waals surface area contributed by atoms with E-state index >= 15 is 0 Å². The molecule has 1 amide bonds. The highest BCUT2D eigenvalue weighted by Crippen LogP contribution is 2.46. The second-order valence-electron chi connectivity index (χ2n) is 11.8. The molecule has 2 fully saturated rings. The zero-order valence-electron chi connectivity index (χ0n) is 23.3. The van der Waals surface area contributed by atoms with Crippen LogP contribution in [-0.2, 0) is 15.7 Å². The standard InChI is InChI=1S/C28H35Cl2F3N4O4/c1-4-41-26(40)17-5-7-18(8-6-17)37-24(28(31,32)33)19(11-35-37)25(39)36(14-16-9-27(2,3)10-16)15-22(38)23-20(29)12-34-13-21(23)30/h11-13,16-18,22,38H,4-10,14-15H2,1-3H3/t17-,18-,22?. The molecule has 8 nitrogen and oxygen atoms in total. The summed E-state index contributed by atoms with van der Waals surface area (Å²) in [5, 5.41) is 15.2. The average Bonchev–Trinajstić information content (AvgIpc) is 3.33. The Hall–Kier alpha value is -2.37. The van der Waals surface area contributed by atoms with Gasteiger partial charge in [0, 0.05) is 24.5 Å². The molecule has 0 aromatic carbocycles. The maximum Gasteiger partial charge on any atom is 0.433 e. The Morgan fingerprint density at radius 3 is 2.29 bits per heavy atom. The Kier molecular flexibility index (Phi) is 9.60. The van der Waals surface area contributed by atoms with Crippen LogP contribution in [0.4, 0.5) is 13.2 Å². The number of esters is 1. The number of hydrogen-bond acceptors (Lipinski definition) is 6. The fraction of sp³-hybridized carbons (Fsp3) is 0.643. The van der Waals surface area contributed by atoms with Crippen LogP contribution in [0.15, 0.2) is 18.6 Å². The molecule has 2 heterocycles. The average molecular weight is 620 g/mol. The number of pyridine rings is 1. The molecule has 1 unspecified atom stereocenters. The van der Waals surface area contributed by atoms with E-state index in [0.717, 1.165) is 23.7 Å². The Morgan fingerprint density at radius 2 is 1.76 bits per heavy atom. The summed E-state index contributed by atoms with van der Waals surface area (Å²) in [7, 11) is 0. The maximum absolute atomic E-state index is 14.5. The number of halogens is 5. The van der Waals surface area contributed by atoms with Gasteiger partial charge in [-0.3, -0.25) is 19.3 Å². The number of ether oxygens (including phenoxy) is 1. The second kappa shape index (κ2) is 12.5. The van der Waals surface area contributed by atoms with Gasteiger partial charge in [0.1, 0.15) is 0 Å². The Balaban J connectivity index is 1.61. The van der Waals surface area contributed by atoms with Crippen LogP contribution in [0.3, 0.4) is 0 Å². The first-order chi connectivity index (χ1) is 19.2. The van der Waals surface area contributed by atoms with Gasteiger partial charge in [0.05, 0.1) is 53.0 Å². The molecule has 0 spiro atoms. The predicted molar refractivity (Wildman–Crippen MR) is 146 cm³/mol. The van der Waals surface area contributed by atoms with E-state index in [1.807, 2.05) is 0 Å². The first-order valence-corrected chi connectivity index (χ1v) is 14.5. The van der Waals surface area contributed by atoms with E-state index in [-0.39, 0.29) is 58.5 Å². The molecule has 0 saturated heterocycles. The zero-order chi connectivity index (χ0) is 30.1. The Labute approximate surface area is 247 Å². The monoisotopic (exact) mass is 618 g/mol. The summed E-state index contributed by atoms with van der Waals surface area (Å²) >= 11 is 12.4. The minimum absolute atomic E-state index is 0.0621. The van der Waals surface area contributed by atoms with Crippen LogP contribution >= 0.6 is 23.2 Å². The minimum Gasteiger partial charge on any atom is -0.466 e. The highest BCUT2D eigenvalue weighted by atomic mass is 35.5. The highest BCUT2D eigenvalue weighted by Gasteiger charge is 2.44. The number of rotatable bonds is 9. The van der Waals surface area contributed by atoms with Gasteiger partial charge in [-0.15, -0.1) is 0 Å². The Bertz CT molecular complexity index is 1230. The molecule has 1 N–H and O–H groups in total. The number of amides is 1. The fourth-order valence-electron chi connectivity index (χ4n) is 6.29. The van der Waals surface area contributed by atoms with Crippen LogP contribution in [0.5, 0.6) is 0 Å². The van der Waals surface area contributed by atoms with Gasteiger partial charge >= 0.3 is 12.1 Å². The summed E-state index contributed by atoms with van der Waals surface area (Å²) < 4.78 is 49.5. The van der Waals surface area contributed by atoms with E-state index in [4.69, 9.17) is 27.9 Å². The van der Waals surface area contributed by atoms with E-state index in [1.165, 1.54) is 17.3 Å². The zero-order valence-corrected chi connectivity index (χ0v) is 24.8. The van der Waals surface area contributed by atoms with Crippen molar-refractivity contribution >= 4 is 35.1 Å². The number of carbonyl (C=O) groups is 2. The number of carbonyl (C=O) groups excluding carboxylic acids is 2. The topological polar surface area (TPSA) is 97.6 Å². The van der Waals surface area contributed by atoms with Crippen molar-refractivity contribution in [3.05, 3.63) is 45.5 Å². The molecule has 226 valence electrons. The summed E-state index contributed by atoms with van der Waals surface area (Å²) in [6, 6.07) is -0.625. The molecule has 2 saturated carbocycles. The molecule has 2 aromatic rings. The number of aromatic nitrogens is 3. The summed E-state index contributed by atoms with van der Waals surface area (Å²) in [4.78, 5) is 31.0. The van der Waals surface area contributed by atoms with Gasteiger partial charge in [-0.05, 0) is 56.8 Å². The lowest BCUT2D eigenvalue weighted by atomic mass is 9.64. The van der Waals surface area contributed by atoms with Crippen LogP contribution in [-0.4, -0.2) is 56.3 Å². The number of aliphatic hydroxyl groups excluding tert-OH is 1. The largest absolute Gasteiger partial charge is 0.466 e. The van der Waals surface area contributed by atoms with Crippen LogP contribution in [0.1, 0.15) is 93.1 Å². The lowest BCUT2D eigenvalue weighted by Gasteiger charge is -2.45. The number of nitrogens with zero attached hydrogens (tertiary/aromatic N) is 4. The summed E-state index contributed by atoms with van der Waals surface area (Å²) in [5.74, 6) is -1.53. The highest BCUT2D eigenvalue weighted by molar-refractivity contribution is 6.35. The van der Waals surface area contributed by atoms with Crippen LogP contribution in [0.2, 0.25) is 10.0 Å². The minimum atomic E-state index is -4.86. The number of aliphatic hydroxyl groups is 1. The smallest absolute Gasteiger partial charge is 0.433 e. The number of alkyl halides is 3. The maximum atomic E-state index is 14.5. The molecular formula is C28H35Cl2F3N4O4. The van der Waals surface area contributed by atoms with Gasteiger partial charge in [0.25, 0.3) is 5.91 Å². The van der Waals surface area contributed by atoms with E-state index in [1.54, 1.807) is 6.92 Å². The Morgan fingerprint density at radius 1 is 1.15 bits per heavy atom. The third-order valence-electron chi connectivity index (χ3n) is 8.02. The van der Waals surface area contributed by atoms with Crippen LogP contribution in [0.25, 0.3) is 0 Å². The third-order valence-corrected chi connectivity index (χ3v) is 8.62. The molecule has 0 aliphatic heterocycles. The first-order valence-electron chi connectivity index (χ1n) is 13.8. The third kappa shape index (κ3) is 7.17. The molecular weight excluding hydrogens is 584 g/mol. The van der Waals surface area contributed by atoms with Gasteiger partial charge < -0.3 is 14.7 Å². The van der Waals surface area contributed by atoms with Crippen LogP contribution in [0, 0.1) is 17.3 Å². The molecule has 41 heavy (non-hydrogen) atoms. The summed E-state index contributed by atoms with van der Waals surface area (Å²) in [6.45, 7) is 5.96. The molecule has 13 heteroatoms. The van der Waals surface area contributed by atoms with Crippen LogP contribution < -0.4 is 0 Å². The van der Waals surface area contributed by atoms with Crippen molar-refractivity contribution in [2.75, 3.05) is 19.7 Å².